The summed E-state index contributed by atoms with van der Waals surface area (Å²) in [6, 6.07) is 9.98. The maximum absolute atomic E-state index is 4.08. The van der Waals surface area contributed by atoms with Gasteiger partial charge in [-0.15, -0.1) is 22.7 Å². The summed E-state index contributed by atoms with van der Waals surface area (Å²) in [6.45, 7) is 29.7. The fourth-order valence-corrected chi connectivity index (χ4v) is 30.6. The van der Waals surface area contributed by atoms with Crippen molar-refractivity contribution >= 4 is 111 Å². The molecule has 0 saturated carbocycles. The number of rotatable bonds is 8. The van der Waals surface area contributed by atoms with Crippen LogP contribution in [0.15, 0.2) is 33.2 Å². The van der Waals surface area contributed by atoms with E-state index in [-0.39, 0.29) is 0 Å². The van der Waals surface area contributed by atoms with Gasteiger partial charge in [0.15, 0.2) is 0 Å². The molecule has 0 saturated heterocycles. The Balaban J connectivity index is 2.10. The molecule has 0 radical (unpaired) electrons. The highest BCUT2D eigenvalue weighted by Crippen LogP contribution is 2.49. The first kappa shape index (κ1) is 31.0. The van der Waals surface area contributed by atoms with Crippen molar-refractivity contribution in [3.05, 3.63) is 33.2 Å². The predicted octanol–water partition coefficient (Wildman–Crippen LogP) is 12.6. The van der Waals surface area contributed by atoms with Crippen molar-refractivity contribution in [1.29, 1.82) is 0 Å². The fraction of sp³-hybridized carbons (Fsp3) is 0.562. The van der Waals surface area contributed by atoms with Gasteiger partial charge in [0.1, 0.15) is 16.1 Å². The molecule has 2 aromatic carbocycles. The maximum Gasteiger partial charge on any atom is 0.107 e. The highest BCUT2D eigenvalue weighted by molar-refractivity contribution is 9.11. The van der Waals surface area contributed by atoms with Gasteiger partial charge in [-0.2, -0.15) is 0 Å². The van der Waals surface area contributed by atoms with Crippen molar-refractivity contribution in [2.75, 3.05) is 0 Å². The summed E-state index contributed by atoms with van der Waals surface area (Å²) in [5.41, 5.74) is 4.26. The summed E-state index contributed by atoms with van der Waals surface area (Å²) in [6.07, 6.45) is 0. The Morgan fingerprint density at radius 2 is 0.737 bits per heavy atom. The summed E-state index contributed by atoms with van der Waals surface area (Å²) >= 11 is 12.4. The first-order chi connectivity index (χ1) is 17.6. The van der Waals surface area contributed by atoms with E-state index in [0.717, 1.165) is 0 Å². The lowest BCUT2D eigenvalue weighted by Crippen LogP contribution is -2.54. The van der Waals surface area contributed by atoms with Crippen molar-refractivity contribution in [2.45, 2.75) is 116 Å². The zero-order valence-corrected chi connectivity index (χ0v) is 32.2. The van der Waals surface area contributed by atoms with E-state index in [0.29, 0.717) is 33.2 Å². The molecule has 0 aliphatic carbocycles. The lowest BCUT2D eigenvalue weighted by Gasteiger charge is -2.42. The largest absolute Gasteiger partial charge is 0.144 e. The topological polar surface area (TPSA) is 0 Å². The molecule has 4 rings (SSSR count). The lowest BCUT2D eigenvalue weighted by molar-refractivity contribution is 0.837. The number of hydrogen-bond donors (Lipinski definition) is 0. The molecule has 0 N–H and O–H groups in total. The van der Waals surface area contributed by atoms with E-state index < -0.39 is 16.1 Å². The summed E-state index contributed by atoms with van der Waals surface area (Å²) in [7, 11) is -3.45. The van der Waals surface area contributed by atoms with Gasteiger partial charge in [-0.25, -0.2) is 0 Å². The van der Waals surface area contributed by atoms with Crippen LogP contribution in [0, 0.1) is 0 Å². The molecule has 38 heavy (non-hydrogen) atoms. The summed E-state index contributed by atoms with van der Waals surface area (Å²) in [5, 5.41) is 5.60. The molecular formula is C32H46Br2S2Si2. The van der Waals surface area contributed by atoms with Crippen LogP contribution in [-0.4, -0.2) is 16.1 Å². The van der Waals surface area contributed by atoms with Crippen LogP contribution in [0.3, 0.4) is 0 Å². The van der Waals surface area contributed by atoms with Gasteiger partial charge in [-0.3, -0.25) is 0 Å². The van der Waals surface area contributed by atoms with E-state index in [1.165, 1.54) is 39.9 Å². The molecule has 0 aliphatic rings. The molecule has 6 heteroatoms. The minimum Gasteiger partial charge on any atom is -0.144 e. The predicted molar refractivity (Wildman–Crippen MR) is 191 cm³/mol. The normalized spacial score (nSPS) is 13.9. The summed E-state index contributed by atoms with van der Waals surface area (Å²) < 4.78 is 8.75. The van der Waals surface area contributed by atoms with Gasteiger partial charge in [-0.05, 0) is 77.3 Å². The van der Waals surface area contributed by atoms with E-state index >= 15 is 0 Å². The number of benzene rings is 2. The molecule has 0 atom stereocenters. The molecule has 0 fully saturated rings. The quantitative estimate of drug-likeness (QED) is 0.160. The zero-order valence-electron chi connectivity index (χ0n) is 25.3. The van der Waals surface area contributed by atoms with Crippen LogP contribution in [0.4, 0.5) is 0 Å². The number of fused-ring (bicyclic) bond motifs is 5. The molecule has 0 aliphatic heterocycles. The molecule has 0 unspecified atom stereocenters. The number of halogens is 2. The second kappa shape index (κ2) is 11.0. The van der Waals surface area contributed by atoms with Crippen LogP contribution in [0.25, 0.3) is 30.9 Å². The van der Waals surface area contributed by atoms with Gasteiger partial charge >= 0.3 is 0 Å². The molecule has 0 amide bonds. The second-order valence-corrected chi connectivity index (χ2v) is 29.6. The molecule has 208 valence electrons. The number of thiophene rings is 2. The van der Waals surface area contributed by atoms with E-state index in [9.17, 15) is 0 Å². The van der Waals surface area contributed by atoms with E-state index in [2.05, 4.69) is 162 Å². The Morgan fingerprint density at radius 1 is 0.474 bits per heavy atom. The minimum atomic E-state index is -1.73. The van der Waals surface area contributed by atoms with Crippen molar-refractivity contribution in [2.24, 2.45) is 0 Å². The highest BCUT2D eigenvalue weighted by Gasteiger charge is 2.47. The minimum absolute atomic E-state index is 0.710. The SMILES string of the molecule is CC(C)[Si](c1cc2cc(Br)c3c4sc([Si](C(C)C)(C(C)C)C(C)C)cc4cc(Br)c3c2s1)(C(C)C)C(C)C. The van der Waals surface area contributed by atoms with Crippen molar-refractivity contribution in [3.8, 4) is 0 Å². The molecule has 0 spiro atoms. The Morgan fingerprint density at radius 3 is 0.974 bits per heavy atom. The van der Waals surface area contributed by atoms with E-state index in [1.807, 2.05) is 0 Å². The average molecular weight is 711 g/mol. The third kappa shape index (κ3) is 4.41. The summed E-state index contributed by atoms with van der Waals surface area (Å²) in [5.74, 6) is 0. The number of hydrogen-bond acceptors (Lipinski definition) is 2. The average Bonchev–Trinajstić information content (AvgIpc) is 3.36. The van der Waals surface area contributed by atoms with E-state index in [1.54, 1.807) is 9.00 Å². The first-order valence-corrected chi connectivity index (χ1v) is 22.1. The van der Waals surface area contributed by atoms with Gasteiger partial charge in [0.25, 0.3) is 0 Å². The van der Waals surface area contributed by atoms with Gasteiger partial charge in [0.05, 0.1) is 0 Å². The molecule has 0 nitrogen and oxygen atoms in total. The Hall–Kier alpha value is 0.0138. The molecule has 4 aromatic rings. The molecule has 2 heterocycles. The van der Waals surface area contributed by atoms with Gasteiger partial charge in [-0.1, -0.05) is 115 Å². The summed E-state index contributed by atoms with van der Waals surface area (Å²) in [4.78, 5) is 0. The Kier molecular flexibility index (Phi) is 8.98. The van der Waals surface area contributed by atoms with Crippen LogP contribution in [-0.2, 0) is 0 Å². The third-order valence-corrected chi connectivity index (χ3v) is 29.3. The zero-order chi connectivity index (χ0) is 28.5. The molecule has 2 aromatic heterocycles. The second-order valence-electron chi connectivity index (χ2n) is 13.3. The van der Waals surface area contributed by atoms with Crippen molar-refractivity contribution < 1.29 is 0 Å². The van der Waals surface area contributed by atoms with Gasteiger partial charge in [0.2, 0.25) is 0 Å². The smallest absolute Gasteiger partial charge is 0.107 e. The van der Waals surface area contributed by atoms with Crippen LogP contribution in [0.5, 0.6) is 0 Å². The van der Waals surface area contributed by atoms with Crippen molar-refractivity contribution in [1.82, 2.24) is 0 Å². The van der Waals surface area contributed by atoms with Crippen LogP contribution in [0.2, 0.25) is 33.2 Å². The van der Waals surface area contributed by atoms with E-state index in [4.69, 9.17) is 0 Å². The Labute approximate surface area is 258 Å². The fourth-order valence-electron chi connectivity index (χ4n) is 8.65. The monoisotopic (exact) mass is 708 g/mol. The standard InChI is InChI=1S/C32H46Br2S2Si2/c1-17(2)37(18(3)4,19(5)6)27-15-23-13-25(33)30-29(31(23)35-27)26(34)14-24-16-28(36-32(24)30)38(20(7)8,21(9)10)22(11)12/h13-22H,1-12H3. The van der Waals surface area contributed by atoms with Gasteiger partial charge < -0.3 is 0 Å². The highest BCUT2D eigenvalue weighted by atomic mass is 79.9. The first-order valence-electron chi connectivity index (χ1n) is 14.4. The maximum atomic E-state index is 4.08. The van der Waals surface area contributed by atoms with Gasteiger partial charge in [0, 0.05) is 29.1 Å². The van der Waals surface area contributed by atoms with Crippen LogP contribution in [0.1, 0.15) is 83.1 Å². The van der Waals surface area contributed by atoms with Crippen LogP contribution >= 0.6 is 54.5 Å². The van der Waals surface area contributed by atoms with Crippen LogP contribution < -0.4 is 9.00 Å². The van der Waals surface area contributed by atoms with Crippen molar-refractivity contribution in [3.63, 3.8) is 0 Å². The lowest BCUT2D eigenvalue weighted by atomic mass is 10.1. The molecular weight excluding hydrogens is 664 g/mol. The molecule has 0 bridgehead atoms. The Bertz CT molecular complexity index is 1320. The third-order valence-electron chi connectivity index (χ3n) is 9.85.